The van der Waals surface area contributed by atoms with Crippen LogP contribution in [-0.4, -0.2) is 95.5 Å². The van der Waals surface area contributed by atoms with Crippen molar-refractivity contribution in [2.75, 3.05) is 39.3 Å². The first kappa shape index (κ1) is 54.3. The van der Waals surface area contributed by atoms with Crippen molar-refractivity contribution < 1.29 is 34.1 Å². The molecule has 0 saturated carbocycles. The molecule has 0 spiro atoms. The lowest BCUT2D eigenvalue weighted by Gasteiger charge is -2.25. The van der Waals surface area contributed by atoms with Crippen LogP contribution >= 0.6 is 0 Å². The first-order valence-corrected chi connectivity index (χ1v) is 25.0. The lowest BCUT2D eigenvalue weighted by atomic mass is 10.0. The molecule has 58 heavy (non-hydrogen) atoms. The number of hydrogen-bond donors (Lipinski definition) is 2. The van der Waals surface area contributed by atoms with E-state index in [4.69, 9.17) is 9.47 Å². The Labute approximate surface area is 357 Å². The van der Waals surface area contributed by atoms with Crippen LogP contribution in [0.1, 0.15) is 239 Å². The second kappa shape index (κ2) is 39.4. The Bertz CT molecular complexity index is 939. The zero-order valence-corrected chi connectivity index (χ0v) is 38.3. The number of rotatable bonds is 42. The second-order valence-electron chi connectivity index (χ2n) is 17.7. The summed E-state index contributed by atoms with van der Waals surface area (Å²) in [5.41, 5.74) is 0. The van der Waals surface area contributed by atoms with Crippen LogP contribution in [0.3, 0.4) is 0 Å². The first-order valence-electron chi connectivity index (χ1n) is 25.0. The largest absolute Gasteiger partial charge is 0.466 e. The lowest BCUT2D eigenvalue weighted by molar-refractivity contribution is -0.150. The molecule has 1 aliphatic heterocycles. The Hall–Kier alpha value is -1.71. The van der Waals surface area contributed by atoms with Gasteiger partial charge in [0.25, 0.3) is 0 Å². The normalized spacial score (nSPS) is 15.7. The number of hydrogen-bond acceptors (Lipinski definition) is 8. The smallest absolute Gasteiger partial charge is 0.306 e. The quantitative estimate of drug-likeness (QED) is 0.0462. The van der Waals surface area contributed by atoms with Crippen molar-refractivity contribution in [3.63, 3.8) is 0 Å². The standard InChI is InChI=1S/C49H94N2O7/c1-4-7-10-13-16-17-18-19-20-24-29-36-48(55)57-40-33-32-39-51(47(54)43-50-41-45(52)46(53)42-50)38-31-26-21-25-30-37-49(56)58-44(34-27-22-14-11-8-5-2)35-28-23-15-12-9-6-3/h44-46,52-53H,4-43H2,1-3H3/t45-,46+. The minimum Gasteiger partial charge on any atom is -0.466 e. The number of ether oxygens (including phenoxy) is 2. The summed E-state index contributed by atoms with van der Waals surface area (Å²) in [6.45, 7) is 9.16. The number of aliphatic hydroxyl groups is 2. The van der Waals surface area contributed by atoms with Gasteiger partial charge in [0.05, 0.1) is 25.4 Å². The number of carbonyl (C=O) groups excluding carboxylic acids is 3. The van der Waals surface area contributed by atoms with Crippen molar-refractivity contribution in [2.24, 2.45) is 0 Å². The van der Waals surface area contributed by atoms with Crippen LogP contribution < -0.4 is 0 Å². The van der Waals surface area contributed by atoms with E-state index in [9.17, 15) is 24.6 Å². The second-order valence-corrected chi connectivity index (χ2v) is 17.7. The van der Waals surface area contributed by atoms with Crippen LogP contribution in [0.5, 0.6) is 0 Å². The fourth-order valence-corrected chi connectivity index (χ4v) is 8.14. The predicted molar refractivity (Wildman–Crippen MR) is 240 cm³/mol. The number of likely N-dealkylation sites (tertiary alicyclic amines) is 1. The molecule has 0 radical (unpaired) electrons. The summed E-state index contributed by atoms with van der Waals surface area (Å²) >= 11 is 0. The average molecular weight is 823 g/mol. The van der Waals surface area contributed by atoms with Gasteiger partial charge in [-0.15, -0.1) is 0 Å². The van der Waals surface area contributed by atoms with Gasteiger partial charge in [0, 0.05) is 39.0 Å². The van der Waals surface area contributed by atoms with Gasteiger partial charge in [-0.3, -0.25) is 19.3 Å². The minimum absolute atomic E-state index is 0.00834. The molecular weight excluding hydrogens is 729 g/mol. The number of β-amino-alcohol motifs (C(OH)–C–C–N with tert-alkyl or cyclic N) is 2. The van der Waals surface area contributed by atoms with Crippen LogP contribution in [0, 0.1) is 0 Å². The van der Waals surface area contributed by atoms with E-state index in [1.807, 2.05) is 9.80 Å². The van der Waals surface area contributed by atoms with Gasteiger partial charge in [0.15, 0.2) is 0 Å². The molecule has 0 aromatic heterocycles. The molecule has 0 aromatic rings. The molecule has 1 rings (SSSR count). The number of unbranched alkanes of at least 4 members (excludes halogenated alkanes) is 25. The van der Waals surface area contributed by atoms with Gasteiger partial charge in [-0.25, -0.2) is 0 Å². The predicted octanol–water partition coefficient (Wildman–Crippen LogP) is 11.6. The molecule has 1 saturated heterocycles. The fraction of sp³-hybridized carbons (Fsp3) is 0.939. The van der Waals surface area contributed by atoms with Gasteiger partial charge in [0.2, 0.25) is 5.91 Å². The number of nitrogens with zero attached hydrogens (tertiary/aromatic N) is 2. The minimum atomic E-state index is -0.815. The van der Waals surface area contributed by atoms with Crippen LogP contribution in [0.2, 0.25) is 0 Å². The van der Waals surface area contributed by atoms with Crippen molar-refractivity contribution in [1.82, 2.24) is 9.80 Å². The van der Waals surface area contributed by atoms with Gasteiger partial charge >= 0.3 is 11.9 Å². The Balaban J connectivity index is 2.34. The molecule has 0 bridgehead atoms. The molecule has 342 valence electrons. The Morgan fingerprint density at radius 3 is 1.36 bits per heavy atom. The first-order chi connectivity index (χ1) is 28.3. The van der Waals surface area contributed by atoms with Crippen LogP contribution in [0.25, 0.3) is 0 Å². The van der Waals surface area contributed by atoms with Crippen molar-refractivity contribution in [1.29, 1.82) is 0 Å². The van der Waals surface area contributed by atoms with E-state index in [0.717, 1.165) is 77.0 Å². The summed E-state index contributed by atoms with van der Waals surface area (Å²) in [4.78, 5) is 42.2. The molecular formula is C49H94N2O7. The topological polar surface area (TPSA) is 117 Å². The maximum atomic E-state index is 13.3. The Kier molecular flexibility index (Phi) is 36.9. The summed E-state index contributed by atoms with van der Waals surface area (Å²) in [6, 6.07) is 0. The Morgan fingerprint density at radius 2 is 0.897 bits per heavy atom. The van der Waals surface area contributed by atoms with Gasteiger partial charge < -0.3 is 24.6 Å². The van der Waals surface area contributed by atoms with Gasteiger partial charge in [0.1, 0.15) is 6.10 Å². The highest BCUT2D eigenvalue weighted by Gasteiger charge is 2.31. The third-order valence-corrected chi connectivity index (χ3v) is 12.0. The van der Waals surface area contributed by atoms with E-state index in [2.05, 4.69) is 20.8 Å². The third kappa shape index (κ3) is 32.1. The van der Waals surface area contributed by atoms with Crippen molar-refractivity contribution in [3.8, 4) is 0 Å². The summed E-state index contributed by atoms with van der Waals surface area (Å²) in [7, 11) is 0. The lowest BCUT2D eigenvalue weighted by Crippen LogP contribution is -2.41. The number of carbonyl (C=O) groups is 3. The monoisotopic (exact) mass is 823 g/mol. The molecule has 1 heterocycles. The highest BCUT2D eigenvalue weighted by molar-refractivity contribution is 5.78. The van der Waals surface area contributed by atoms with Crippen molar-refractivity contribution >= 4 is 17.8 Å². The summed E-state index contributed by atoms with van der Waals surface area (Å²) < 4.78 is 11.5. The van der Waals surface area contributed by atoms with Crippen LogP contribution in [0.4, 0.5) is 0 Å². The SMILES string of the molecule is CCCCCCCCCCCCCC(=O)OCCCCN(CCCCCCCC(=O)OC(CCCCCCCC)CCCCCCCC)C(=O)CN1C[C@@H](O)[C@@H](O)C1. The fourth-order valence-electron chi connectivity index (χ4n) is 8.14. The van der Waals surface area contributed by atoms with Gasteiger partial charge in [-0.05, 0) is 57.8 Å². The highest BCUT2D eigenvalue weighted by Crippen LogP contribution is 2.19. The van der Waals surface area contributed by atoms with E-state index >= 15 is 0 Å². The molecule has 1 amide bonds. The van der Waals surface area contributed by atoms with E-state index in [1.54, 1.807) is 0 Å². The molecule has 0 aliphatic carbocycles. The number of aliphatic hydroxyl groups excluding tert-OH is 2. The maximum Gasteiger partial charge on any atom is 0.306 e. The molecule has 2 atom stereocenters. The van der Waals surface area contributed by atoms with E-state index < -0.39 is 12.2 Å². The Morgan fingerprint density at radius 1 is 0.517 bits per heavy atom. The van der Waals surface area contributed by atoms with Crippen LogP contribution in [0.15, 0.2) is 0 Å². The van der Waals surface area contributed by atoms with Gasteiger partial charge in [-0.2, -0.15) is 0 Å². The molecule has 0 unspecified atom stereocenters. The molecule has 1 aliphatic rings. The third-order valence-electron chi connectivity index (χ3n) is 12.0. The summed E-state index contributed by atoms with van der Waals surface area (Å²) in [5, 5.41) is 20.0. The number of esters is 2. The average Bonchev–Trinajstić information content (AvgIpc) is 3.52. The van der Waals surface area contributed by atoms with Crippen LogP contribution in [-0.2, 0) is 23.9 Å². The zero-order valence-electron chi connectivity index (χ0n) is 38.3. The van der Waals surface area contributed by atoms with Gasteiger partial charge in [-0.1, -0.05) is 168 Å². The number of amides is 1. The van der Waals surface area contributed by atoms with E-state index in [-0.39, 0.29) is 30.5 Å². The van der Waals surface area contributed by atoms with E-state index in [0.29, 0.717) is 52.0 Å². The summed E-state index contributed by atoms with van der Waals surface area (Å²) in [5.74, 6) is -0.158. The van der Waals surface area contributed by atoms with Crippen molar-refractivity contribution in [2.45, 2.75) is 257 Å². The molecule has 9 nitrogen and oxygen atoms in total. The molecule has 1 fully saturated rings. The summed E-state index contributed by atoms with van der Waals surface area (Å²) in [6.07, 6.45) is 36.4. The molecule has 0 aromatic carbocycles. The molecule has 2 N–H and O–H groups in total. The molecule has 9 heteroatoms. The van der Waals surface area contributed by atoms with E-state index in [1.165, 1.54) is 122 Å². The van der Waals surface area contributed by atoms with Crippen molar-refractivity contribution in [3.05, 3.63) is 0 Å². The highest BCUT2D eigenvalue weighted by atomic mass is 16.5. The maximum absolute atomic E-state index is 13.3. The zero-order chi connectivity index (χ0) is 42.3.